The number of rotatable bonds is 6. The lowest BCUT2D eigenvalue weighted by Gasteiger charge is -2.24. The predicted molar refractivity (Wildman–Crippen MR) is 108 cm³/mol. The van der Waals surface area contributed by atoms with Gasteiger partial charge in [-0.25, -0.2) is 8.42 Å². The van der Waals surface area contributed by atoms with Crippen LogP contribution in [-0.2, 0) is 25.8 Å². The molecule has 0 aliphatic carbocycles. The number of carbonyl (C=O) groups is 2. The Bertz CT molecular complexity index is 984. The maximum atomic E-state index is 12.3. The smallest absolute Gasteiger partial charge is 0.227 e. The van der Waals surface area contributed by atoms with E-state index >= 15 is 0 Å². The van der Waals surface area contributed by atoms with Gasteiger partial charge in [0.2, 0.25) is 11.8 Å². The molecule has 0 radical (unpaired) electrons. The molecular formula is C21H24N2O4S. The summed E-state index contributed by atoms with van der Waals surface area (Å²) in [6.45, 7) is 1.84. The molecule has 28 heavy (non-hydrogen) atoms. The van der Waals surface area contributed by atoms with E-state index in [0.717, 1.165) is 23.1 Å². The standard InChI is InChI=1S/C21H24N2O4S/c1-14(15-7-10-18(11-8-15)28(2,26)27)22-20(24)12-9-17-13-16-5-3-4-6-19(16)23-21(17)25/h3-8,10-11,14,17H,9,12-13H2,1-2H3,(H,22,24)(H,23,25). The van der Waals surface area contributed by atoms with Gasteiger partial charge in [0.25, 0.3) is 0 Å². The lowest BCUT2D eigenvalue weighted by atomic mass is 9.89. The predicted octanol–water partition coefficient (Wildman–Crippen LogP) is 2.86. The summed E-state index contributed by atoms with van der Waals surface area (Å²) < 4.78 is 23.1. The third-order valence-electron chi connectivity index (χ3n) is 5.02. The maximum absolute atomic E-state index is 12.3. The largest absolute Gasteiger partial charge is 0.350 e. The van der Waals surface area contributed by atoms with E-state index in [1.165, 1.54) is 12.1 Å². The summed E-state index contributed by atoms with van der Waals surface area (Å²) in [6, 6.07) is 13.9. The fourth-order valence-electron chi connectivity index (χ4n) is 3.35. The fourth-order valence-corrected chi connectivity index (χ4v) is 3.98. The van der Waals surface area contributed by atoms with Crippen LogP contribution >= 0.6 is 0 Å². The number of benzene rings is 2. The summed E-state index contributed by atoms with van der Waals surface area (Å²) in [5.74, 6) is -0.396. The third-order valence-corrected chi connectivity index (χ3v) is 6.15. The molecule has 1 heterocycles. The molecular weight excluding hydrogens is 376 g/mol. The zero-order chi connectivity index (χ0) is 20.3. The first-order valence-electron chi connectivity index (χ1n) is 9.22. The lowest BCUT2D eigenvalue weighted by Crippen LogP contribution is -2.32. The molecule has 0 spiro atoms. The molecule has 0 bridgehead atoms. The maximum Gasteiger partial charge on any atom is 0.227 e. The summed E-state index contributed by atoms with van der Waals surface area (Å²) in [4.78, 5) is 24.8. The van der Waals surface area contributed by atoms with Crippen LogP contribution in [0, 0.1) is 5.92 Å². The van der Waals surface area contributed by atoms with Gasteiger partial charge < -0.3 is 10.6 Å². The van der Waals surface area contributed by atoms with E-state index in [1.807, 2.05) is 31.2 Å². The first-order valence-corrected chi connectivity index (χ1v) is 11.1. The normalized spacial score (nSPS) is 17.4. The molecule has 2 amide bonds. The van der Waals surface area contributed by atoms with E-state index in [2.05, 4.69) is 10.6 Å². The van der Waals surface area contributed by atoms with Crippen LogP contribution in [-0.4, -0.2) is 26.5 Å². The van der Waals surface area contributed by atoms with Gasteiger partial charge in [-0.15, -0.1) is 0 Å². The number of amides is 2. The third kappa shape index (κ3) is 4.78. The summed E-state index contributed by atoms with van der Waals surface area (Å²) >= 11 is 0. The molecule has 0 aromatic heterocycles. The molecule has 148 valence electrons. The molecule has 2 aromatic rings. The Balaban J connectivity index is 1.53. The number of hydrogen-bond donors (Lipinski definition) is 2. The highest BCUT2D eigenvalue weighted by Crippen LogP contribution is 2.27. The van der Waals surface area contributed by atoms with Gasteiger partial charge in [0.1, 0.15) is 0 Å². The lowest BCUT2D eigenvalue weighted by molar-refractivity contribution is -0.123. The molecule has 6 nitrogen and oxygen atoms in total. The van der Waals surface area contributed by atoms with E-state index in [4.69, 9.17) is 0 Å². The van der Waals surface area contributed by atoms with Crippen molar-refractivity contribution in [2.24, 2.45) is 5.92 Å². The minimum atomic E-state index is -3.24. The molecule has 1 aliphatic rings. The van der Waals surface area contributed by atoms with Gasteiger partial charge in [-0.1, -0.05) is 30.3 Å². The molecule has 2 atom stereocenters. The van der Waals surface area contributed by atoms with Crippen molar-refractivity contribution in [2.75, 3.05) is 11.6 Å². The van der Waals surface area contributed by atoms with Crippen LogP contribution < -0.4 is 10.6 Å². The average molecular weight is 401 g/mol. The summed E-state index contributed by atoms with van der Waals surface area (Å²) in [6.07, 6.45) is 2.53. The number of nitrogens with one attached hydrogen (secondary N) is 2. The van der Waals surface area contributed by atoms with Crippen LogP contribution in [0.25, 0.3) is 0 Å². The first-order chi connectivity index (χ1) is 13.2. The highest BCUT2D eigenvalue weighted by Gasteiger charge is 2.26. The summed E-state index contributed by atoms with van der Waals surface area (Å²) in [5.41, 5.74) is 2.76. The topological polar surface area (TPSA) is 92.3 Å². The zero-order valence-corrected chi connectivity index (χ0v) is 16.8. The van der Waals surface area contributed by atoms with Gasteiger partial charge in [-0.3, -0.25) is 9.59 Å². The second-order valence-electron chi connectivity index (χ2n) is 7.22. The quantitative estimate of drug-likeness (QED) is 0.780. The number of anilines is 1. The van der Waals surface area contributed by atoms with Crippen LogP contribution in [0.3, 0.4) is 0 Å². The van der Waals surface area contributed by atoms with E-state index in [0.29, 0.717) is 12.8 Å². The van der Waals surface area contributed by atoms with Gasteiger partial charge in [0, 0.05) is 24.3 Å². The van der Waals surface area contributed by atoms with Crippen molar-refractivity contribution in [3.8, 4) is 0 Å². The second kappa shape index (κ2) is 8.14. The van der Waals surface area contributed by atoms with Gasteiger partial charge in [-0.2, -0.15) is 0 Å². The second-order valence-corrected chi connectivity index (χ2v) is 9.23. The Labute approximate surface area is 165 Å². The van der Waals surface area contributed by atoms with Crippen molar-refractivity contribution in [3.63, 3.8) is 0 Å². The molecule has 7 heteroatoms. The Hall–Kier alpha value is -2.67. The fraction of sp³-hybridized carbons (Fsp3) is 0.333. The van der Waals surface area contributed by atoms with Crippen LogP contribution in [0.2, 0.25) is 0 Å². The van der Waals surface area contributed by atoms with E-state index in [1.54, 1.807) is 12.1 Å². The molecule has 0 saturated heterocycles. The van der Waals surface area contributed by atoms with Crippen LogP contribution in [0.1, 0.15) is 36.9 Å². The number of hydrogen-bond acceptors (Lipinski definition) is 4. The van der Waals surface area contributed by atoms with Crippen molar-refractivity contribution in [2.45, 2.75) is 37.1 Å². The van der Waals surface area contributed by atoms with Crippen molar-refractivity contribution in [1.29, 1.82) is 0 Å². The summed E-state index contributed by atoms with van der Waals surface area (Å²) in [5, 5.41) is 5.81. The Morgan fingerprint density at radius 1 is 1.18 bits per heavy atom. The molecule has 0 fully saturated rings. The molecule has 3 rings (SSSR count). The van der Waals surface area contributed by atoms with Crippen molar-refractivity contribution in [3.05, 3.63) is 59.7 Å². The summed E-state index contributed by atoms with van der Waals surface area (Å²) in [7, 11) is -3.24. The van der Waals surface area contributed by atoms with Crippen molar-refractivity contribution >= 4 is 27.3 Å². The first kappa shape index (κ1) is 20.1. The van der Waals surface area contributed by atoms with E-state index in [-0.39, 0.29) is 35.1 Å². The SMILES string of the molecule is CC(NC(=O)CCC1Cc2ccccc2NC1=O)c1ccc(S(C)(=O)=O)cc1. The molecule has 1 aliphatic heterocycles. The number of fused-ring (bicyclic) bond motifs is 1. The average Bonchev–Trinajstić information content (AvgIpc) is 2.65. The van der Waals surface area contributed by atoms with Crippen molar-refractivity contribution < 1.29 is 18.0 Å². The monoisotopic (exact) mass is 400 g/mol. The molecule has 0 saturated carbocycles. The minimum Gasteiger partial charge on any atom is -0.350 e. The van der Waals surface area contributed by atoms with Crippen molar-refractivity contribution in [1.82, 2.24) is 5.32 Å². The number of sulfone groups is 1. The minimum absolute atomic E-state index is 0.0455. The number of carbonyl (C=O) groups excluding carboxylic acids is 2. The highest BCUT2D eigenvalue weighted by molar-refractivity contribution is 7.90. The van der Waals surface area contributed by atoms with Gasteiger partial charge in [-0.05, 0) is 49.1 Å². The molecule has 2 unspecified atom stereocenters. The number of para-hydroxylation sites is 1. The Morgan fingerprint density at radius 2 is 1.86 bits per heavy atom. The van der Waals surface area contributed by atoms with E-state index in [9.17, 15) is 18.0 Å². The Kier molecular flexibility index (Phi) is 5.84. The van der Waals surface area contributed by atoms with Gasteiger partial charge in [0.05, 0.1) is 10.9 Å². The van der Waals surface area contributed by atoms with Crippen LogP contribution in [0.15, 0.2) is 53.4 Å². The van der Waals surface area contributed by atoms with E-state index < -0.39 is 9.84 Å². The Morgan fingerprint density at radius 3 is 2.54 bits per heavy atom. The van der Waals surface area contributed by atoms with Crippen LogP contribution in [0.5, 0.6) is 0 Å². The van der Waals surface area contributed by atoms with Gasteiger partial charge >= 0.3 is 0 Å². The highest BCUT2D eigenvalue weighted by atomic mass is 32.2. The van der Waals surface area contributed by atoms with Crippen LogP contribution in [0.4, 0.5) is 5.69 Å². The molecule has 2 aromatic carbocycles. The molecule has 2 N–H and O–H groups in total. The zero-order valence-electron chi connectivity index (χ0n) is 15.9. The van der Waals surface area contributed by atoms with Gasteiger partial charge in [0.15, 0.2) is 9.84 Å².